The van der Waals surface area contributed by atoms with Crippen LogP contribution < -0.4 is 9.47 Å². The van der Waals surface area contributed by atoms with E-state index < -0.39 is 0 Å². The van der Waals surface area contributed by atoms with E-state index in [0.717, 1.165) is 54.1 Å². The van der Waals surface area contributed by atoms with E-state index in [2.05, 4.69) is 4.99 Å². The molecule has 2 rings (SSSR count). The van der Waals surface area contributed by atoms with Crippen molar-refractivity contribution < 1.29 is 14.3 Å². The number of rotatable bonds is 5. The van der Waals surface area contributed by atoms with Gasteiger partial charge < -0.3 is 14.4 Å². The summed E-state index contributed by atoms with van der Waals surface area (Å²) < 4.78 is 10.8. The van der Waals surface area contributed by atoms with Gasteiger partial charge in [0.05, 0.1) is 20.3 Å². The highest BCUT2D eigenvalue weighted by Gasteiger charge is 2.21. The van der Waals surface area contributed by atoms with Crippen molar-refractivity contribution in [2.45, 2.75) is 32.7 Å². The maximum Gasteiger partial charge on any atom is 0.210 e. The van der Waals surface area contributed by atoms with Gasteiger partial charge in [-0.15, -0.1) is 0 Å². The first-order chi connectivity index (χ1) is 10.1. The van der Waals surface area contributed by atoms with Crippen LogP contribution in [0.5, 0.6) is 11.5 Å². The molecule has 1 aromatic rings. The predicted octanol–water partition coefficient (Wildman–Crippen LogP) is 2.64. The Bertz CT molecular complexity index is 555. The fourth-order valence-corrected chi connectivity index (χ4v) is 2.73. The molecule has 5 nitrogen and oxygen atoms in total. The van der Waals surface area contributed by atoms with Gasteiger partial charge in [0.15, 0.2) is 5.75 Å². The van der Waals surface area contributed by atoms with Crippen molar-refractivity contribution >= 4 is 18.3 Å². The van der Waals surface area contributed by atoms with E-state index in [0.29, 0.717) is 0 Å². The Morgan fingerprint density at radius 3 is 2.71 bits per heavy atom. The molecular weight excluding hydrogens is 268 g/mol. The van der Waals surface area contributed by atoms with E-state index in [1.165, 1.54) is 0 Å². The Kier molecular flexibility index (Phi) is 4.83. The lowest BCUT2D eigenvalue weighted by Gasteiger charge is -2.17. The fraction of sp³-hybridized carbons (Fsp3) is 0.500. The number of nitrogens with zero attached hydrogens (tertiary/aromatic N) is 2. The van der Waals surface area contributed by atoms with Crippen LogP contribution in [0.1, 0.15) is 24.0 Å². The molecule has 0 bridgehead atoms. The second-order valence-electron chi connectivity index (χ2n) is 5.23. The summed E-state index contributed by atoms with van der Waals surface area (Å²) in [6.45, 7) is 4.73. The van der Waals surface area contributed by atoms with Crippen LogP contribution in [0.25, 0.3) is 0 Å². The number of aliphatic imine (C=N–C) groups is 1. The van der Waals surface area contributed by atoms with Crippen LogP contribution >= 0.6 is 0 Å². The molecule has 0 saturated carbocycles. The lowest BCUT2D eigenvalue weighted by atomic mass is 10.1. The first-order valence-electron chi connectivity index (χ1n) is 7.09. The van der Waals surface area contributed by atoms with E-state index in [1.54, 1.807) is 19.1 Å². The molecule has 1 heterocycles. The molecule has 1 saturated heterocycles. The normalized spacial score (nSPS) is 18.3. The van der Waals surface area contributed by atoms with E-state index >= 15 is 0 Å². The average Bonchev–Trinajstić information content (AvgIpc) is 2.94. The van der Waals surface area contributed by atoms with Gasteiger partial charge >= 0.3 is 0 Å². The Hall–Kier alpha value is -2.04. The second kappa shape index (κ2) is 6.61. The molecule has 0 spiro atoms. The number of ether oxygens (including phenoxy) is 2. The predicted molar refractivity (Wildman–Crippen MR) is 83.0 cm³/mol. The summed E-state index contributed by atoms with van der Waals surface area (Å²) >= 11 is 0. The smallest absolute Gasteiger partial charge is 0.210 e. The Labute approximate surface area is 125 Å². The summed E-state index contributed by atoms with van der Waals surface area (Å²) in [6.07, 6.45) is 4.72. The SMILES string of the molecule is COc1cc(C)c(N=CC2CCCN2C=O)c(OC)c1C. The number of aryl methyl sites for hydroxylation is 1. The number of hydrogen-bond acceptors (Lipinski definition) is 4. The highest BCUT2D eigenvalue weighted by Crippen LogP contribution is 2.39. The van der Waals surface area contributed by atoms with E-state index in [9.17, 15) is 4.79 Å². The van der Waals surface area contributed by atoms with Crippen molar-refractivity contribution in [1.82, 2.24) is 4.90 Å². The van der Waals surface area contributed by atoms with Crippen LogP contribution in [0, 0.1) is 13.8 Å². The molecule has 1 fully saturated rings. The summed E-state index contributed by atoms with van der Waals surface area (Å²) in [5.41, 5.74) is 2.71. The number of benzene rings is 1. The lowest BCUT2D eigenvalue weighted by Crippen LogP contribution is -2.28. The number of likely N-dealkylation sites (tertiary alicyclic amines) is 1. The van der Waals surface area contributed by atoms with Gasteiger partial charge in [0, 0.05) is 18.3 Å². The third-order valence-corrected chi connectivity index (χ3v) is 3.92. The van der Waals surface area contributed by atoms with E-state index in [-0.39, 0.29) is 6.04 Å². The second-order valence-corrected chi connectivity index (χ2v) is 5.23. The van der Waals surface area contributed by atoms with Gasteiger partial charge in [0.25, 0.3) is 0 Å². The monoisotopic (exact) mass is 290 g/mol. The first-order valence-corrected chi connectivity index (χ1v) is 7.09. The minimum Gasteiger partial charge on any atom is -0.496 e. The van der Waals surface area contributed by atoms with Crippen molar-refractivity contribution in [2.75, 3.05) is 20.8 Å². The van der Waals surface area contributed by atoms with E-state index in [1.807, 2.05) is 26.1 Å². The van der Waals surface area contributed by atoms with E-state index in [4.69, 9.17) is 9.47 Å². The molecule has 1 atom stereocenters. The fourth-order valence-electron chi connectivity index (χ4n) is 2.73. The third kappa shape index (κ3) is 3.01. The summed E-state index contributed by atoms with van der Waals surface area (Å²) in [5, 5.41) is 0. The highest BCUT2D eigenvalue weighted by molar-refractivity contribution is 5.76. The number of hydrogen-bond donors (Lipinski definition) is 0. The largest absolute Gasteiger partial charge is 0.496 e. The van der Waals surface area contributed by atoms with Crippen molar-refractivity contribution in [2.24, 2.45) is 4.99 Å². The van der Waals surface area contributed by atoms with Gasteiger partial charge in [-0.3, -0.25) is 9.79 Å². The lowest BCUT2D eigenvalue weighted by molar-refractivity contribution is -0.117. The van der Waals surface area contributed by atoms with Crippen LogP contribution in [0.3, 0.4) is 0 Å². The van der Waals surface area contributed by atoms with Crippen molar-refractivity contribution in [3.8, 4) is 11.5 Å². The van der Waals surface area contributed by atoms with Gasteiger partial charge in [-0.05, 0) is 38.3 Å². The highest BCUT2D eigenvalue weighted by atomic mass is 16.5. The van der Waals surface area contributed by atoms with Crippen molar-refractivity contribution in [3.05, 3.63) is 17.2 Å². The number of amides is 1. The minimum atomic E-state index is 0.0778. The van der Waals surface area contributed by atoms with Gasteiger partial charge in [-0.1, -0.05) is 0 Å². The maximum absolute atomic E-state index is 11.0. The zero-order chi connectivity index (χ0) is 15.4. The standard InChI is InChI=1S/C16H22N2O3/c1-11-8-14(20-3)12(2)16(21-4)15(11)17-9-13-6-5-7-18(13)10-19/h8-10,13H,5-7H2,1-4H3. The molecule has 1 aromatic carbocycles. The Balaban J connectivity index is 2.35. The zero-order valence-electron chi connectivity index (χ0n) is 13.0. The summed E-state index contributed by atoms with van der Waals surface area (Å²) in [5.74, 6) is 1.51. The van der Waals surface area contributed by atoms with Crippen LogP contribution in [0.15, 0.2) is 11.1 Å². The third-order valence-electron chi connectivity index (χ3n) is 3.92. The number of methoxy groups -OCH3 is 2. The molecule has 21 heavy (non-hydrogen) atoms. The first kappa shape index (κ1) is 15.4. The summed E-state index contributed by atoms with van der Waals surface area (Å²) in [6, 6.07) is 2.03. The molecule has 1 unspecified atom stereocenters. The van der Waals surface area contributed by atoms with Crippen LogP contribution in [0.2, 0.25) is 0 Å². The number of carbonyl (C=O) groups is 1. The maximum atomic E-state index is 11.0. The van der Waals surface area contributed by atoms with Crippen LogP contribution in [-0.2, 0) is 4.79 Å². The van der Waals surface area contributed by atoms with Crippen molar-refractivity contribution in [3.63, 3.8) is 0 Å². The minimum absolute atomic E-state index is 0.0778. The molecule has 1 amide bonds. The van der Waals surface area contributed by atoms with Gasteiger partial charge in [0.1, 0.15) is 11.4 Å². The Morgan fingerprint density at radius 2 is 2.10 bits per heavy atom. The van der Waals surface area contributed by atoms with Crippen LogP contribution in [0.4, 0.5) is 5.69 Å². The summed E-state index contributed by atoms with van der Waals surface area (Å²) in [4.78, 5) is 17.3. The van der Waals surface area contributed by atoms with Gasteiger partial charge in [0.2, 0.25) is 6.41 Å². The average molecular weight is 290 g/mol. The molecule has 0 aromatic heterocycles. The molecular formula is C16H22N2O3. The molecule has 1 aliphatic rings. The van der Waals surface area contributed by atoms with Crippen LogP contribution in [-0.4, -0.2) is 44.3 Å². The van der Waals surface area contributed by atoms with Crippen molar-refractivity contribution in [1.29, 1.82) is 0 Å². The molecule has 0 N–H and O–H groups in total. The van der Waals surface area contributed by atoms with Gasteiger partial charge in [-0.2, -0.15) is 0 Å². The molecule has 0 radical (unpaired) electrons. The summed E-state index contributed by atoms with van der Waals surface area (Å²) in [7, 11) is 3.28. The zero-order valence-corrected chi connectivity index (χ0v) is 13.0. The number of carbonyl (C=O) groups excluding carboxylic acids is 1. The molecule has 0 aliphatic carbocycles. The molecule has 5 heteroatoms. The quantitative estimate of drug-likeness (QED) is 0.619. The Morgan fingerprint density at radius 1 is 1.33 bits per heavy atom. The topological polar surface area (TPSA) is 51.1 Å². The molecule has 114 valence electrons. The molecule has 1 aliphatic heterocycles. The van der Waals surface area contributed by atoms with Gasteiger partial charge in [-0.25, -0.2) is 0 Å².